The zero-order valence-electron chi connectivity index (χ0n) is 16.6. The summed E-state index contributed by atoms with van der Waals surface area (Å²) in [7, 11) is 0. The van der Waals surface area contributed by atoms with E-state index in [1.165, 1.54) is 17.4 Å². The highest BCUT2D eigenvalue weighted by molar-refractivity contribution is 7.20. The van der Waals surface area contributed by atoms with Crippen LogP contribution < -0.4 is 5.32 Å². The Bertz CT molecular complexity index is 1370. The molecule has 1 amide bonds. The van der Waals surface area contributed by atoms with E-state index in [9.17, 15) is 9.18 Å². The van der Waals surface area contributed by atoms with E-state index in [0.717, 1.165) is 21.6 Å². The standard InChI is InChI=1S/C23H18FN5OS/c1-15-18-12-21(31-23(18)29(27-15)17-5-3-2-4-6-17)22(30)26-13-16-7-8-20(19(24)11-16)28-10-9-25-14-28/h2-12,14H,13H2,1H3,(H,26,30). The summed E-state index contributed by atoms with van der Waals surface area (Å²) in [5.41, 5.74) is 2.91. The van der Waals surface area contributed by atoms with E-state index in [4.69, 9.17) is 0 Å². The Morgan fingerprint density at radius 3 is 2.74 bits per heavy atom. The molecule has 5 aromatic rings. The molecule has 3 heterocycles. The number of aromatic nitrogens is 4. The van der Waals surface area contributed by atoms with Gasteiger partial charge in [0.05, 0.1) is 28.3 Å². The van der Waals surface area contributed by atoms with Crippen molar-refractivity contribution in [2.24, 2.45) is 0 Å². The molecule has 0 aliphatic heterocycles. The second-order valence-corrected chi connectivity index (χ2v) is 8.13. The Morgan fingerprint density at radius 2 is 2.00 bits per heavy atom. The van der Waals surface area contributed by atoms with Crippen molar-refractivity contribution in [1.82, 2.24) is 24.6 Å². The van der Waals surface area contributed by atoms with Crippen LogP contribution in [0.5, 0.6) is 0 Å². The first-order valence-electron chi connectivity index (χ1n) is 9.70. The van der Waals surface area contributed by atoms with Crippen LogP contribution in [-0.2, 0) is 6.54 Å². The van der Waals surface area contributed by atoms with Gasteiger partial charge in [0.1, 0.15) is 10.6 Å². The van der Waals surface area contributed by atoms with Crippen LogP contribution >= 0.6 is 11.3 Å². The number of hydrogen-bond acceptors (Lipinski definition) is 4. The van der Waals surface area contributed by atoms with Gasteiger partial charge in [0, 0.05) is 24.3 Å². The van der Waals surface area contributed by atoms with Crippen LogP contribution in [0.25, 0.3) is 21.6 Å². The fraction of sp³-hybridized carbons (Fsp3) is 0.0870. The molecular weight excluding hydrogens is 413 g/mol. The number of halogens is 1. The second-order valence-electron chi connectivity index (χ2n) is 7.10. The molecule has 0 aliphatic rings. The predicted octanol–water partition coefficient (Wildman–Crippen LogP) is 4.65. The van der Waals surface area contributed by atoms with E-state index in [1.807, 2.05) is 48.0 Å². The molecule has 0 spiro atoms. The second kappa shape index (κ2) is 7.81. The normalized spacial score (nSPS) is 11.2. The highest BCUT2D eigenvalue weighted by atomic mass is 32.1. The highest BCUT2D eigenvalue weighted by Crippen LogP contribution is 2.30. The maximum absolute atomic E-state index is 14.4. The maximum atomic E-state index is 14.4. The number of fused-ring (bicyclic) bond motifs is 1. The van der Waals surface area contributed by atoms with Crippen molar-refractivity contribution in [3.8, 4) is 11.4 Å². The zero-order chi connectivity index (χ0) is 21.4. The minimum absolute atomic E-state index is 0.195. The van der Waals surface area contributed by atoms with E-state index in [-0.39, 0.29) is 18.3 Å². The van der Waals surface area contributed by atoms with Crippen LogP contribution in [0.4, 0.5) is 4.39 Å². The number of hydrogen-bond donors (Lipinski definition) is 1. The van der Waals surface area contributed by atoms with Crippen molar-refractivity contribution in [2.45, 2.75) is 13.5 Å². The number of imidazole rings is 1. The third-order valence-electron chi connectivity index (χ3n) is 5.02. The molecule has 31 heavy (non-hydrogen) atoms. The van der Waals surface area contributed by atoms with Gasteiger partial charge in [-0.25, -0.2) is 14.1 Å². The lowest BCUT2D eigenvalue weighted by Gasteiger charge is -2.08. The maximum Gasteiger partial charge on any atom is 0.261 e. The number of rotatable bonds is 5. The number of amides is 1. The van der Waals surface area contributed by atoms with Gasteiger partial charge in [-0.1, -0.05) is 24.3 Å². The van der Waals surface area contributed by atoms with E-state index in [2.05, 4.69) is 15.4 Å². The Labute approximate surface area is 181 Å². The van der Waals surface area contributed by atoms with Gasteiger partial charge in [-0.3, -0.25) is 4.79 Å². The van der Waals surface area contributed by atoms with E-state index >= 15 is 0 Å². The average molecular weight is 431 g/mol. The molecule has 2 aromatic carbocycles. The molecule has 0 unspecified atom stereocenters. The first kappa shape index (κ1) is 19.2. The lowest BCUT2D eigenvalue weighted by atomic mass is 10.2. The first-order chi connectivity index (χ1) is 15.1. The molecule has 0 aliphatic carbocycles. The summed E-state index contributed by atoms with van der Waals surface area (Å²) in [4.78, 5) is 18.2. The summed E-state index contributed by atoms with van der Waals surface area (Å²) in [5.74, 6) is -0.565. The van der Waals surface area contributed by atoms with E-state index in [1.54, 1.807) is 35.4 Å². The lowest BCUT2D eigenvalue weighted by Crippen LogP contribution is -2.21. The average Bonchev–Trinajstić information content (AvgIpc) is 3.51. The Hall–Kier alpha value is -3.78. The van der Waals surface area contributed by atoms with Crippen LogP contribution in [0.15, 0.2) is 73.3 Å². The molecule has 154 valence electrons. The molecule has 0 atom stereocenters. The number of nitrogens with zero attached hydrogens (tertiary/aromatic N) is 4. The van der Waals surface area contributed by atoms with Crippen LogP contribution in [0.1, 0.15) is 20.9 Å². The van der Waals surface area contributed by atoms with Gasteiger partial charge in [-0.2, -0.15) is 5.10 Å². The van der Waals surface area contributed by atoms with Crippen molar-refractivity contribution in [1.29, 1.82) is 0 Å². The minimum atomic E-state index is -0.370. The largest absolute Gasteiger partial charge is 0.347 e. The van der Waals surface area contributed by atoms with Crippen LogP contribution in [-0.4, -0.2) is 25.2 Å². The highest BCUT2D eigenvalue weighted by Gasteiger charge is 2.17. The molecule has 0 fully saturated rings. The fourth-order valence-electron chi connectivity index (χ4n) is 3.44. The minimum Gasteiger partial charge on any atom is -0.347 e. The van der Waals surface area contributed by atoms with Gasteiger partial charge >= 0.3 is 0 Å². The summed E-state index contributed by atoms with van der Waals surface area (Å²) in [6.07, 6.45) is 4.82. The quantitative estimate of drug-likeness (QED) is 0.441. The molecule has 0 radical (unpaired) electrons. The Morgan fingerprint density at radius 1 is 1.16 bits per heavy atom. The molecule has 0 saturated heterocycles. The summed E-state index contributed by atoms with van der Waals surface area (Å²) in [6, 6.07) is 16.6. The summed E-state index contributed by atoms with van der Waals surface area (Å²) < 4.78 is 17.9. The molecule has 3 aromatic heterocycles. The Balaban J connectivity index is 1.35. The van der Waals surface area contributed by atoms with Crippen molar-refractivity contribution in [3.63, 3.8) is 0 Å². The molecular formula is C23H18FN5OS. The van der Waals surface area contributed by atoms with Gasteiger partial charge < -0.3 is 9.88 Å². The van der Waals surface area contributed by atoms with Gasteiger partial charge in [0.25, 0.3) is 5.91 Å². The third kappa shape index (κ3) is 3.62. The number of thiophene rings is 1. The number of aryl methyl sites for hydroxylation is 1. The topological polar surface area (TPSA) is 64.7 Å². The zero-order valence-corrected chi connectivity index (χ0v) is 17.4. The van der Waals surface area contributed by atoms with E-state index < -0.39 is 0 Å². The number of benzene rings is 2. The SMILES string of the molecule is Cc1nn(-c2ccccc2)c2sc(C(=O)NCc3ccc(-n4ccnc4)c(F)c3)cc12. The monoisotopic (exact) mass is 431 g/mol. The molecule has 8 heteroatoms. The van der Waals surface area contributed by atoms with Crippen molar-refractivity contribution >= 4 is 27.5 Å². The summed E-state index contributed by atoms with van der Waals surface area (Å²) in [6.45, 7) is 2.17. The Kier molecular flexibility index (Phi) is 4.83. The van der Waals surface area contributed by atoms with Crippen LogP contribution in [0.3, 0.4) is 0 Å². The predicted molar refractivity (Wildman–Crippen MR) is 118 cm³/mol. The summed E-state index contributed by atoms with van der Waals surface area (Å²) >= 11 is 1.39. The van der Waals surface area contributed by atoms with Crippen molar-refractivity contribution in [2.75, 3.05) is 0 Å². The lowest BCUT2D eigenvalue weighted by molar-refractivity contribution is 0.0955. The van der Waals surface area contributed by atoms with Crippen molar-refractivity contribution in [3.05, 3.63) is 95.3 Å². The molecule has 0 saturated carbocycles. The number of para-hydroxylation sites is 1. The van der Waals surface area contributed by atoms with Crippen LogP contribution in [0, 0.1) is 12.7 Å². The molecule has 6 nitrogen and oxygen atoms in total. The molecule has 5 rings (SSSR count). The number of carbonyl (C=O) groups excluding carboxylic acids is 1. The summed E-state index contributed by atoms with van der Waals surface area (Å²) in [5, 5.41) is 8.44. The first-order valence-corrected chi connectivity index (χ1v) is 10.5. The number of carbonyl (C=O) groups is 1. The third-order valence-corrected chi connectivity index (χ3v) is 6.13. The van der Waals surface area contributed by atoms with Crippen molar-refractivity contribution < 1.29 is 9.18 Å². The van der Waals surface area contributed by atoms with Gasteiger partial charge in [-0.15, -0.1) is 11.3 Å². The smallest absolute Gasteiger partial charge is 0.261 e. The van der Waals surface area contributed by atoms with Gasteiger partial charge in [0.2, 0.25) is 0 Å². The van der Waals surface area contributed by atoms with Gasteiger partial charge in [-0.05, 0) is 42.8 Å². The number of nitrogens with one attached hydrogen (secondary N) is 1. The van der Waals surface area contributed by atoms with E-state index in [0.29, 0.717) is 16.1 Å². The van der Waals surface area contributed by atoms with Gasteiger partial charge in [0.15, 0.2) is 0 Å². The van der Waals surface area contributed by atoms with Crippen LogP contribution in [0.2, 0.25) is 0 Å². The molecule has 1 N–H and O–H groups in total. The fourth-order valence-corrected chi connectivity index (χ4v) is 4.54. The molecule has 0 bridgehead atoms.